The van der Waals surface area contributed by atoms with Crippen molar-refractivity contribution in [2.45, 2.75) is 58.0 Å². The maximum Gasteiger partial charge on any atom is 0.319 e. The van der Waals surface area contributed by atoms with Crippen LogP contribution in [0.15, 0.2) is 16.9 Å². The standard InChI is InChI=1S/C17H26N4O3/c1-12-9-10-14(20-17(24)18-2)16(23)21(12)11-15(22)19-13-7-5-3-4-6-8-13/h9-10,13H,3-8,11H2,1-2H3,(H,19,22)(H2,18,20,24). The van der Waals surface area contributed by atoms with Crippen molar-refractivity contribution in [3.8, 4) is 0 Å². The molecule has 0 saturated heterocycles. The number of aryl methyl sites for hydroxylation is 1. The van der Waals surface area contributed by atoms with Crippen molar-refractivity contribution in [3.63, 3.8) is 0 Å². The number of hydrogen-bond acceptors (Lipinski definition) is 3. The summed E-state index contributed by atoms with van der Waals surface area (Å²) in [6.07, 6.45) is 6.71. The first-order valence-electron chi connectivity index (χ1n) is 8.50. The number of anilines is 1. The van der Waals surface area contributed by atoms with Crippen molar-refractivity contribution in [2.75, 3.05) is 12.4 Å². The lowest BCUT2D eigenvalue weighted by molar-refractivity contribution is -0.122. The minimum Gasteiger partial charge on any atom is -0.352 e. The SMILES string of the molecule is CNC(=O)Nc1ccc(C)n(CC(=O)NC2CCCCCC2)c1=O. The minimum atomic E-state index is -0.467. The van der Waals surface area contributed by atoms with Crippen molar-refractivity contribution in [1.29, 1.82) is 0 Å². The van der Waals surface area contributed by atoms with Crippen LogP contribution in [-0.4, -0.2) is 29.6 Å². The molecule has 1 aromatic rings. The van der Waals surface area contributed by atoms with Crippen molar-refractivity contribution < 1.29 is 9.59 Å². The Kier molecular flexibility index (Phi) is 6.40. The van der Waals surface area contributed by atoms with Crippen LogP contribution in [0.4, 0.5) is 10.5 Å². The molecule has 1 aliphatic rings. The van der Waals surface area contributed by atoms with Gasteiger partial charge >= 0.3 is 6.03 Å². The Hall–Kier alpha value is -2.31. The summed E-state index contributed by atoms with van der Waals surface area (Å²) in [4.78, 5) is 36.2. The Morgan fingerprint density at radius 1 is 1.17 bits per heavy atom. The molecule has 2 rings (SSSR count). The molecule has 3 N–H and O–H groups in total. The van der Waals surface area contributed by atoms with E-state index in [1.165, 1.54) is 24.5 Å². The zero-order valence-corrected chi connectivity index (χ0v) is 14.4. The monoisotopic (exact) mass is 334 g/mol. The van der Waals surface area contributed by atoms with E-state index in [1.54, 1.807) is 19.1 Å². The Balaban J connectivity index is 2.07. The van der Waals surface area contributed by atoms with Gasteiger partial charge in [-0.2, -0.15) is 0 Å². The van der Waals surface area contributed by atoms with Gasteiger partial charge in [0.25, 0.3) is 5.56 Å². The fraction of sp³-hybridized carbons (Fsp3) is 0.588. The summed E-state index contributed by atoms with van der Waals surface area (Å²) in [5, 5.41) is 7.91. The highest BCUT2D eigenvalue weighted by Gasteiger charge is 2.16. The molecule has 3 amide bonds. The Labute approximate surface area is 141 Å². The minimum absolute atomic E-state index is 0.0373. The zero-order chi connectivity index (χ0) is 17.5. The number of pyridine rings is 1. The quantitative estimate of drug-likeness (QED) is 0.733. The smallest absolute Gasteiger partial charge is 0.319 e. The van der Waals surface area contributed by atoms with Crippen molar-refractivity contribution in [1.82, 2.24) is 15.2 Å². The molecule has 1 aromatic heterocycles. The van der Waals surface area contributed by atoms with Crippen molar-refractivity contribution >= 4 is 17.6 Å². The van der Waals surface area contributed by atoms with E-state index < -0.39 is 6.03 Å². The summed E-state index contributed by atoms with van der Waals surface area (Å²) >= 11 is 0. The van der Waals surface area contributed by atoms with Gasteiger partial charge in [0.05, 0.1) is 0 Å². The summed E-state index contributed by atoms with van der Waals surface area (Å²) in [5.41, 5.74) is 0.454. The fourth-order valence-electron chi connectivity index (χ4n) is 2.99. The van der Waals surface area contributed by atoms with E-state index in [0.717, 1.165) is 25.7 Å². The lowest BCUT2D eigenvalue weighted by Gasteiger charge is -2.18. The Morgan fingerprint density at radius 2 is 1.83 bits per heavy atom. The summed E-state index contributed by atoms with van der Waals surface area (Å²) < 4.78 is 1.39. The van der Waals surface area contributed by atoms with Gasteiger partial charge in [-0.25, -0.2) is 4.79 Å². The average molecular weight is 334 g/mol. The molecule has 1 heterocycles. The van der Waals surface area contributed by atoms with Gasteiger partial charge in [-0.3, -0.25) is 9.59 Å². The molecule has 0 spiro atoms. The highest BCUT2D eigenvalue weighted by atomic mass is 16.2. The third-order valence-electron chi connectivity index (χ3n) is 4.39. The molecule has 0 atom stereocenters. The highest BCUT2D eigenvalue weighted by Crippen LogP contribution is 2.17. The number of urea groups is 1. The number of carbonyl (C=O) groups excluding carboxylic acids is 2. The molecule has 7 heteroatoms. The number of amides is 3. The van der Waals surface area contributed by atoms with Gasteiger partial charge in [-0.15, -0.1) is 0 Å². The molecule has 0 bridgehead atoms. The molecular weight excluding hydrogens is 308 g/mol. The van der Waals surface area contributed by atoms with Crippen LogP contribution in [0.2, 0.25) is 0 Å². The van der Waals surface area contributed by atoms with Crippen LogP contribution in [0.5, 0.6) is 0 Å². The molecule has 1 aliphatic carbocycles. The number of hydrogen-bond donors (Lipinski definition) is 3. The van der Waals surface area contributed by atoms with Gasteiger partial charge in [0.1, 0.15) is 12.2 Å². The maximum atomic E-state index is 12.5. The second-order valence-corrected chi connectivity index (χ2v) is 6.24. The van der Waals surface area contributed by atoms with Gasteiger partial charge < -0.3 is 20.5 Å². The first kappa shape index (κ1) is 18.0. The van der Waals surface area contributed by atoms with Crippen molar-refractivity contribution in [3.05, 3.63) is 28.2 Å². The average Bonchev–Trinajstić information content (AvgIpc) is 2.82. The van der Waals surface area contributed by atoms with Crippen LogP contribution in [0.1, 0.15) is 44.2 Å². The third kappa shape index (κ3) is 4.84. The lowest BCUT2D eigenvalue weighted by atomic mass is 10.1. The van der Waals surface area contributed by atoms with Gasteiger partial charge in [0, 0.05) is 18.8 Å². The Morgan fingerprint density at radius 3 is 2.46 bits per heavy atom. The number of nitrogens with zero attached hydrogens (tertiary/aromatic N) is 1. The Bertz CT molecular complexity index is 646. The predicted molar refractivity (Wildman–Crippen MR) is 93.2 cm³/mol. The zero-order valence-electron chi connectivity index (χ0n) is 14.4. The van der Waals surface area contributed by atoms with Gasteiger partial charge in [0.2, 0.25) is 5.91 Å². The van der Waals surface area contributed by atoms with E-state index in [1.807, 2.05) is 0 Å². The van der Waals surface area contributed by atoms with Gasteiger partial charge in [-0.1, -0.05) is 25.7 Å². The summed E-state index contributed by atoms with van der Waals surface area (Å²) in [6.45, 7) is 1.73. The summed E-state index contributed by atoms with van der Waals surface area (Å²) in [6, 6.07) is 2.99. The van der Waals surface area contributed by atoms with E-state index in [2.05, 4.69) is 16.0 Å². The molecule has 0 radical (unpaired) electrons. The molecule has 0 aromatic carbocycles. The molecule has 1 saturated carbocycles. The molecule has 132 valence electrons. The highest BCUT2D eigenvalue weighted by molar-refractivity contribution is 5.88. The largest absolute Gasteiger partial charge is 0.352 e. The molecule has 7 nitrogen and oxygen atoms in total. The molecular formula is C17H26N4O3. The number of rotatable bonds is 4. The number of carbonyl (C=O) groups is 2. The van der Waals surface area contributed by atoms with E-state index in [9.17, 15) is 14.4 Å². The van der Waals surface area contributed by atoms with Crippen LogP contribution in [0, 0.1) is 6.92 Å². The van der Waals surface area contributed by atoms with Crippen molar-refractivity contribution in [2.24, 2.45) is 0 Å². The third-order valence-corrected chi connectivity index (χ3v) is 4.39. The normalized spacial score (nSPS) is 15.4. The molecule has 0 aliphatic heterocycles. The molecule has 24 heavy (non-hydrogen) atoms. The lowest BCUT2D eigenvalue weighted by Crippen LogP contribution is -2.40. The summed E-state index contributed by atoms with van der Waals surface area (Å²) in [5.74, 6) is -0.163. The second kappa shape index (κ2) is 8.52. The van der Waals surface area contributed by atoms with E-state index in [-0.39, 0.29) is 29.7 Å². The predicted octanol–water partition coefficient (Wildman–Crippen LogP) is 1.75. The van der Waals surface area contributed by atoms with Crippen LogP contribution >= 0.6 is 0 Å². The van der Waals surface area contributed by atoms with Gasteiger partial charge in [-0.05, 0) is 31.9 Å². The fourth-order valence-corrected chi connectivity index (χ4v) is 2.99. The van der Waals surface area contributed by atoms with Crippen LogP contribution in [-0.2, 0) is 11.3 Å². The van der Waals surface area contributed by atoms with E-state index in [4.69, 9.17) is 0 Å². The first-order chi connectivity index (χ1) is 11.5. The van der Waals surface area contributed by atoms with Crippen LogP contribution in [0.25, 0.3) is 0 Å². The van der Waals surface area contributed by atoms with Crippen LogP contribution < -0.4 is 21.5 Å². The van der Waals surface area contributed by atoms with E-state index in [0.29, 0.717) is 5.69 Å². The number of nitrogens with one attached hydrogen (secondary N) is 3. The topological polar surface area (TPSA) is 92.2 Å². The van der Waals surface area contributed by atoms with E-state index >= 15 is 0 Å². The van der Waals surface area contributed by atoms with Crippen LogP contribution in [0.3, 0.4) is 0 Å². The molecule has 0 unspecified atom stereocenters. The van der Waals surface area contributed by atoms with Gasteiger partial charge in [0.15, 0.2) is 0 Å². The second-order valence-electron chi connectivity index (χ2n) is 6.24. The first-order valence-corrected chi connectivity index (χ1v) is 8.50. The molecule has 1 fully saturated rings. The number of aromatic nitrogens is 1. The maximum absolute atomic E-state index is 12.5. The summed E-state index contributed by atoms with van der Waals surface area (Å²) in [7, 11) is 1.47.